The summed E-state index contributed by atoms with van der Waals surface area (Å²) in [5.74, 6) is 0. The monoisotopic (exact) mass is 299 g/mol. The minimum absolute atomic E-state index is 0.470. The Morgan fingerprint density at radius 3 is 2.48 bits per heavy atom. The van der Waals surface area contributed by atoms with Gasteiger partial charge in [0.15, 0.2) is 0 Å². The molecule has 110 valence electrons. The Morgan fingerprint density at radius 1 is 1.00 bits per heavy atom. The number of anilines is 1. The molecule has 1 aliphatic heterocycles. The molecule has 0 unspecified atom stereocenters. The lowest BCUT2D eigenvalue weighted by Gasteiger charge is -2.39. The normalized spacial score (nSPS) is 18.8. The Labute approximate surface area is 132 Å². The van der Waals surface area contributed by atoms with Gasteiger partial charge in [-0.25, -0.2) is 0 Å². The summed E-state index contributed by atoms with van der Waals surface area (Å²) in [5.41, 5.74) is 5.45. The van der Waals surface area contributed by atoms with Gasteiger partial charge in [0.25, 0.3) is 0 Å². The van der Waals surface area contributed by atoms with Gasteiger partial charge >= 0.3 is 0 Å². The topological polar surface area (TPSA) is 3.24 Å². The van der Waals surface area contributed by atoms with E-state index in [4.69, 9.17) is 11.6 Å². The number of rotatable bonds is 2. The van der Waals surface area contributed by atoms with Crippen LogP contribution in [0.15, 0.2) is 42.5 Å². The molecule has 0 spiro atoms. The number of aryl methyl sites for hydroxylation is 2. The van der Waals surface area contributed by atoms with Crippen molar-refractivity contribution >= 4 is 17.3 Å². The first-order chi connectivity index (χ1) is 10.1. The maximum absolute atomic E-state index is 6.03. The standard InChI is InChI=1S/C19H22ClN/c1-14-6-11-18(15(2)13-14)21-12-4-3-5-19(21)16-7-9-17(20)10-8-16/h6-11,13,19H,3-5,12H2,1-2H3/t19-/m0/s1. The van der Waals surface area contributed by atoms with Crippen molar-refractivity contribution in [3.05, 3.63) is 64.2 Å². The first-order valence-corrected chi connectivity index (χ1v) is 8.12. The first-order valence-electron chi connectivity index (χ1n) is 7.74. The average molecular weight is 300 g/mol. The lowest BCUT2D eigenvalue weighted by atomic mass is 9.93. The zero-order valence-electron chi connectivity index (χ0n) is 12.8. The second-order valence-electron chi connectivity index (χ2n) is 6.05. The molecule has 0 bridgehead atoms. The number of piperidine rings is 1. The number of hydrogen-bond acceptors (Lipinski definition) is 1. The lowest BCUT2D eigenvalue weighted by Crippen LogP contribution is -2.33. The van der Waals surface area contributed by atoms with Gasteiger partial charge in [-0.3, -0.25) is 0 Å². The number of benzene rings is 2. The smallest absolute Gasteiger partial charge is 0.0542 e. The van der Waals surface area contributed by atoms with Crippen molar-refractivity contribution in [3.63, 3.8) is 0 Å². The van der Waals surface area contributed by atoms with Crippen LogP contribution in [-0.2, 0) is 0 Å². The maximum atomic E-state index is 6.03. The molecule has 2 heteroatoms. The van der Waals surface area contributed by atoms with Crippen LogP contribution < -0.4 is 4.90 Å². The van der Waals surface area contributed by atoms with E-state index in [1.54, 1.807) is 0 Å². The largest absolute Gasteiger partial charge is 0.364 e. The number of hydrogen-bond donors (Lipinski definition) is 0. The summed E-state index contributed by atoms with van der Waals surface area (Å²) < 4.78 is 0. The SMILES string of the molecule is Cc1ccc(N2CCCC[C@H]2c2ccc(Cl)cc2)c(C)c1. The lowest BCUT2D eigenvalue weighted by molar-refractivity contribution is 0.472. The van der Waals surface area contributed by atoms with Crippen molar-refractivity contribution in [2.45, 2.75) is 39.2 Å². The summed E-state index contributed by atoms with van der Waals surface area (Å²) in [6.45, 7) is 5.51. The molecule has 1 fully saturated rings. The van der Waals surface area contributed by atoms with Gasteiger partial charge in [0.2, 0.25) is 0 Å². The van der Waals surface area contributed by atoms with Gasteiger partial charge in [0, 0.05) is 17.3 Å². The van der Waals surface area contributed by atoms with Crippen LogP contribution in [0.5, 0.6) is 0 Å². The van der Waals surface area contributed by atoms with Crippen molar-refractivity contribution in [3.8, 4) is 0 Å². The van der Waals surface area contributed by atoms with Gasteiger partial charge in [0.1, 0.15) is 0 Å². The predicted octanol–water partition coefficient (Wildman–Crippen LogP) is 5.69. The van der Waals surface area contributed by atoms with E-state index in [-0.39, 0.29) is 0 Å². The maximum Gasteiger partial charge on any atom is 0.0542 e. The van der Waals surface area contributed by atoms with Crippen LogP contribution in [0, 0.1) is 13.8 Å². The molecular weight excluding hydrogens is 278 g/mol. The fourth-order valence-corrected chi connectivity index (χ4v) is 3.51. The van der Waals surface area contributed by atoms with E-state index >= 15 is 0 Å². The Balaban J connectivity index is 1.96. The van der Waals surface area contributed by atoms with Crippen LogP contribution in [0.2, 0.25) is 5.02 Å². The molecular formula is C19H22ClN. The van der Waals surface area contributed by atoms with E-state index in [0.717, 1.165) is 11.6 Å². The molecule has 1 aliphatic rings. The highest BCUT2D eigenvalue weighted by Gasteiger charge is 2.25. The molecule has 21 heavy (non-hydrogen) atoms. The summed E-state index contributed by atoms with van der Waals surface area (Å²) in [7, 11) is 0. The summed E-state index contributed by atoms with van der Waals surface area (Å²) >= 11 is 6.03. The molecule has 2 aromatic carbocycles. The molecule has 3 rings (SSSR count). The van der Waals surface area contributed by atoms with Gasteiger partial charge < -0.3 is 4.90 Å². The Bertz CT molecular complexity index is 618. The zero-order valence-corrected chi connectivity index (χ0v) is 13.5. The Kier molecular flexibility index (Phi) is 4.21. The van der Waals surface area contributed by atoms with Crippen molar-refractivity contribution in [1.82, 2.24) is 0 Å². The molecule has 2 aromatic rings. The fraction of sp³-hybridized carbons (Fsp3) is 0.368. The third-order valence-corrected chi connectivity index (χ3v) is 4.67. The van der Waals surface area contributed by atoms with E-state index in [1.165, 1.54) is 41.6 Å². The van der Waals surface area contributed by atoms with E-state index in [1.807, 2.05) is 12.1 Å². The van der Waals surface area contributed by atoms with E-state index in [2.05, 4.69) is 49.1 Å². The van der Waals surface area contributed by atoms with E-state index in [9.17, 15) is 0 Å². The summed E-state index contributed by atoms with van der Waals surface area (Å²) in [6.07, 6.45) is 3.79. The Hall–Kier alpha value is -1.47. The second kappa shape index (κ2) is 6.11. The zero-order chi connectivity index (χ0) is 14.8. The van der Waals surface area contributed by atoms with E-state index in [0.29, 0.717) is 6.04 Å². The van der Waals surface area contributed by atoms with Gasteiger partial charge in [0.05, 0.1) is 6.04 Å². The first kappa shape index (κ1) is 14.5. The van der Waals surface area contributed by atoms with Crippen LogP contribution in [0.3, 0.4) is 0 Å². The molecule has 0 saturated carbocycles. The summed E-state index contributed by atoms with van der Waals surface area (Å²) in [5, 5.41) is 0.813. The molecule has 0 aromatic heterocycles. The predicted molar refractivity (Wildman–Crippen MR) is 91.3 cm³/mol. The third kappa shape index (κ3) is 3.08. The molecule has 0 aliphatic carbocycles. The van der Waals surface area contributed by atoms with Crippen molar-refractivity contribution in [1.29, 1.82) is 0 Å². The molecule has 1 saturated heterocycles. The molecule has 0 amide bonds. The Morgan fingerprint density at radius 2 is 1.76 bits per heavy atom. The van der Waals surface area contributed by atoms with Crippen LogP contribution in [0.1, 0.15) is 42.0 Å². The quantitative estimate of drug-likeness (QED) is 0.688. The molecule has 0 N–H and O–H groups in total. The minimum Gasteiger partial charge on any atom is -0.364 e. The van der Waals surface area contributed by atoms with Crippen LogP contribution in [0.4, 0.5) is 5.69 Å². The highest BCUT2D eigenvalue weighted by Crippen LogP contribution is 2.37. The highest BCUT2D eigenvalue weighted by molar-refractivity contribution is 6.30. The van der Waals surface area contributed by atoms with Gasteiger partial charge in [-0.05, 0) is 62.4 Å². The van der Waals surface area contributed by atoms with E-state index < -0.39 is 0 Å². The highest BCUT2D eigenvalue weighted by atomic mass is 35.5. The van der Waals surface area contributed by atoms with Crippen molar-refractivity contribution < 1.29 is 0 Å². The molecule has 1 heterocycles. The van der Waals surface area contributed by atoms with Gasteiger partial charge in [-0.15, -0.1) is 0 Å². The van der Waals surface area contributed by atoms with Crippen molar-refractivity contribution in [2.24, 2.45) is 0 Å². The molecule has 1 nitrogen and oxygen atoms in total. The van der Waals surface area contributed by atoms with Crippen LogP contribution in [-0.4, -0.2) is 6.54 Å². The number of halogens is 1. The molecule has 0 radical (unpaired) electrons. The second-order valence-corrected chi connectivity index (χ2v) is 6.48. The third-order valence-electron chi connectivity index (χ3n) is 4.42. The van der Waals surface area contributed by atoms with Crippen molar-refractivity contribution in [2.75, 3.05) is 11.4 Å². The summed E-state index contributed by atoms with van der Waals surface area (Å²) in [4.78, 5) is 2.57. The summed E-state index contributed by atoms with van der Waals surface area (Å²) in [6, 6.07) is 15.6. The fourth-order valence-electron chi connectivity index (χ4n) is 3.38. The van der Waals surface area contributed by atoms with Crippen LogP contribution in [0.25, 0.3) is 0 Å². The average Bonchev–Trinajstić information content (AvgIpc) is 2.48. The van der Waals surface area contributed by atoms with Gasteiger partial charge in [-0.2, -0.15) is 0 Å². The van der Waals surface area contributed by atoms with Crippen LogP contribution >= 0.6 is 11.6 Å². The minimum atomic E-state index is 0.470. The number of nitrogens with zero attached hydrogens (tertiary/aromatic N) is 1. The van der Waals surface area contributed by atoms with Gasteiger partial charge in [-0.1, -0.05) is 41.4 Å². The molecule has 1 atom stereocenters.